The van der Waals surface area contributed by atoms with E-state index in [1.165, 1.54) is 6.07 Å². The average molecular weight is 398 g/mol. The number of rotatable bonds is 3. The van der Waals surface area contributed by atoms with Gasteiger partial charge in [-0.05, 0) is 30.4 Å². The van der Waals surface area contributed by atoms with E-state index in [0.717, 1.165) is 6.42 Å². The first kappa shape index (κ1) is 19.8. The number of carbonyl (C=O) groups is 1. The quantitative estimate of drug-likeness (QED) is 0.795. The first-order valence-electron chi connectivity index (χ1n) is 10.3. The molecule has 0 spiro atoms. The zero-order valence-electron chi connectivity index (χ0n) is 17.0. The third-order valence-electron chi connectivity index (χ3n) is 5.59. The lowest BCUT2D eigenvalue weighted by atomic mass is 9.91. The van der Waals surface area contributed by atoms with E-state index in [4.69, 9.17) is 4.74 Å². The Morgan fingerprint density at radius 3 is 2.52 bits per heavy atom. The maximum Gasteiger partial charge on any atom is 0.257 e. The lowest BCUT2D eigenvalue weighted by molar-refractivity contribution is 0.0623. The molecule has 0 radical (unpaired) electrons. The van der Waals surface area contributed by atoms with Crippen LogP contribution in [0.3, 0.4) is 0 Å². The van der Waals surface area contributed by atoms with E-state index >= 15 is 0 Å². The molecule has 29 heavy (non-hydrogen) atoms. The molecule has 0 saturated carbocycles. The fourth-order valence-electron chi connectivity index (χ4n) is 4.30. The first-order valence-corrected chi connectivity index (χ1v) is 10.3. The minimum absolute atomic E-state index is 0.129. The number of likely N-dealkylation sites (tertiary alicyclic amines) is 1. The summed E-state index contributed by atoms with van der Waals surface area (Å²) >= 11 is 0. The van der Waals surface area contributed by atoms with Gasteiger partial charge in [-0.3, -0.25) is 4.79 Å². The zero-order valence-corrected chi connectivity index (χ0v) is 17.0. The molecular formula is C22H27FN4O2. The standard InChI is InChI=1S/C22H27FN4O2/c1-15-11-16(2)14-27(13-15)21(28)18-12-24-22(26-7-9-29-10-8-26)25-20(18)17-5-3-4-6-19(17)23/h3-6,12,15-16H,7-11,13-14H2,1-2H3. The number of carbonyl (C=O) groups excluding carboxylic acids is 1. The highest BCUT2D eigenvalue weighted by molar-refractivity contribution is 6.00. The highest BCUT2D eigenvalue weighted by atomic mass is 19.1. The number of piperidine rings is 1. The number of amides is 1. The van der Waals surface area contributed by atoms with Crippen LogP contribution in [-0.4, -0.2) is 60.2 Å². The predicted octanol–water partition coefficient (Wildman–Crippen LogP) is 3.24. The van der Waals surface area contributed by atoms with Crippen LogP contribution in [0.25, 0.3) is 11.3 Å². The maximum absolute atomic E-state index is 14.6. The number of benzene rings is 1. The van der Waals surface area contributed by atoms with Crippen molar-refractivity contribution in [2.24, 2.45) is 11.8 Å². The molecule has 7 heteroatoms. The highest BCUT2D eigenvalue weighted by Crippen LogP contribution is 2.29. The largest absolute Gasteiger partial charge is 0.378 e. The molecule has 0 bridgehead atoms. The lowest BCUT2D eigenvalue weighted by Crippen LogP contribution is -2.43. The molecule has 0 aliphatic carbocycles. The summed E-state index contributed by atoms with van der Waals surface area (Å²) in [4.78, 5) is 26.4. The van der Waals surface area contributed by atoms with Gasteiger partial charge in [0.25, 0.3) is 5.91 Å². The number of nitrogens with zero attached hydrogens (tertiary/aromatic N) is 4. The Morgan fingerprint density at radius 2 is 1.83 bits per heavy atom. The minimum Gasteiger partial charge on any atom is -0.378 e. The SMILES string of the molecule is CC1CC(C)CN(C(=O)c2cnc(N3CCOCC3)nc2-c2ccccc2F)C1. The molecule has 3 heterocycles. The predicted molar refractivity (Wildman–Crippen MR) is 109 cm³/mol. The fourth-order valence-corrected chi connectivity index (χ4v) is 4.30. The van der Waals surface area contributed by atoms with Gasteiger partial charge >= 0.3 is 0 Å². The van der Waals surface area contributed by atoms with Gasteiger partial charge in [0.05, 0.1) is 24.5 Å². The third-order valence-corrected chi connectivity index (χ3v) is 5.59. The van der Waals surface area contributed by atoms with Crippen molar-refractivity contribution in [1.82, 2.24) is 14.9 Å². The normalized spacial score (nSPS) is 22.6. The molecule has 1 aromatic carbocycles. The molecule has 154 valence electrons. The molecular weight excluding hydrogens is 371 g/mol. The number of hydrogen-bond acceptors (Lipinski definition) is 5. The van der Waals surface area contributed by atoms with Crippen molar-refractivity contribution >= 4 is 11.9 Å². The van der Waals surface area contributed by atoms with E-state index in [9.17, 15) is 9.18 Å². The molecule has 2 unspecified atom stereocenters. The van der Waals surface area contributed by atoms with Crippen LogP contribution in [0, 0.1) is 17.7 Å². The van der Waals surface area contributed by atoms with Crippen LogP contribution in [0.15, 0.2) is 30.5 Å². The van der Waals surface area contributed by atoms with E-state index in [-0.39, 0.29) is 5.91 Å². The summed E-state index contributed by atoms with van der Waals surface area (Å²) in [5.41, 5.74) is 1.04. The molecule has 2 atom stereocenters. The molecule has 0 N–H and O–H groups in total. The number of morpholine rings is 1. The summed E-state index contributed by atoms with van der Waals surface area (Å²) in [5.74, 6) is 0.855. The molecule has 2 aromatic rings. The summed E-state index contributed by atoms with van der Waals surface area (Å²) < 4.78 is 20.0. The van der Waals surface area contributed by atoms with Gasteiger partial charge in [0.2, 0.25) is 5.95 Å². The van der Waals surface area contributed by atoms with Crippen LogP contribution >= 0.6 is 0 Å². The van der Waals surface area contributed by atoms with Gasteiger partial charge in [0.15, 0.2) is 0 Å². The third kappa shape index (κ3) is 4.24. The number of halogens is 1. The Labute approximate surface area is 170 Å². The van der Waals surface area contributed by atoms with Crippen molar-refractivity contribution in [2.75, 3.05) is 44.3 Å². The monoisotopic (exact) mass is 398 g/mol. The van der Waals surface area contributed by atoms with Crippen LogP contribution in [0.2, 0.25) is 0 Å². The van der Waals surface area contributed by atoms with Crippen molar-refractivity contribution in [3.05, 3.63) is 41.8 Å². The van der Waals surface area contributed by atoms with E-state index in [2.05, 4.69) is 23.8 Å². The summed E-state index contributed by atoms with van der Waals surface area (Å²) in [6, 6.07) is 6.46. The Morgan fingerprint density at radius 1 is 1.14 bits per heavy atom. The van der Waals surface area contributed by atoms with Crippen LogP contribution < -0.4 is 4.90 Å². The van der Waals surface area contributed by atoms with Gasteiger partial charge in [0, 0.05) is 37.9 Å². The Bertz CT molecular complexity index is 875. The average Bonchev–Trinajstić information content (AvgIpc) is 2.73. The molecule has 4 rings (SSSR count). The van der Waals surface area contributed by atoms with Gasteiger partial charge in [-0.1, -0.05) is 26.0 Å². The van der Waals surface area contributed by atoms with Crippen LogP contribution in [0.5, 0.6) is 0 Å². The second-order valence-electron chi connectivity index (χ2n) is 8.17. The van der Waals surface area contributed by atoms with Crippen molar-refractivity contribution in [3.8, 4) is 11.3 Å². The topological polar surface area (TPSA) is 58.6 Å². The fraction of sp³-hybridized carbons (Fsp3) is 0.500. The molecule has 1 amide bonds. The molecule has 6 nitrogen and oxygen atoms in total. The Balaban J connectivity index is 1.74. The Kier molecular flexibility index (Phi) is 5.76. The van der Waals surface area contributed by atoms with Crippen LogP contribution in [0.1, 0.15) is 30.6 Å². The molecule has 1 aromatic heterocycles. The second kappa shape index (κ2) is 8.45. The van der Waals surface area contributed by atoms with Gasteiger partial charge < -0.3 is 14.5 Å². The van der Waals surface area contributed by atoms with Crippen molar-refractivity contribution in [2.45, 2.75) is 20.3 Å². The van der Waals surface area contributed by atoms with Gasteiger partial charge in [0.1, 0.15) is 5.82 Å². The van der Waals surface area contributed by atoms with Crippen molar-refractivity contribution in [1.29, 1.82) is 0 Å². The summed E-state index contributed by atoms with van der Waals surface area (Å²) in [5, 5.41) is 0. The van der Waals surface area contributed by atoms with Gasteiger partial charge in [-0.2, -0.15) is 0 Å². The maximum atomic E-state index is 14.6. The summed E-state index contributed by atoms with van der Waals surface area (Å²) in [6.45, 7) is 8.26. The number of anilines is 1. The van der Waals surface area contributed by atoms with Gasteiger partial charge in [-0.15, -0.1) is 0 Å². The molecule has 2 aliphatic rings. The van der Waals surface area contributed by atoms with Gasteiger partial charge in [-0.25, -0.2) is 14.4 Å². The molecule has 2 saturated heterocycles. The van der Waals surface area contributed by atoms with E-state index in [1.54, 1.807) is 24.4 Å². The lowest BCUT2D eigenvalue weighted by Gasteiger charge is -2.35. The Hall–Kier alpha value is -2.54. The number of hydrogen-bond donors (Lipinski definition) is 0. The summed E-state index contributed by atoms with van der Waals surface area (Å²) in [7, 11) is 0. The first-order chi connectivity index (χ1) is 14.0. The summed E-state index contributed by atoms with van der Waals surface area (Å²) in [6.07, 6.45) is 2.67. The van der Waals surface area contributed by atoms with E-state index < -0.39 is 5.82 Å². The molecule has 2 aliphatic heterocycles. The number of aromatic nitrogens is 2. The molecule has 2 fully saturated rings. The van der Waals surface area contributed by atoms with Crippen LogP contribution in [-0.2, 0) is 4.74 Å². The minimum atomic E-state index is -0.395. The zero-order chi connectivity index (χ0) is 20.4. The van der Waals surface area contributed by atoms with E-state index in [1.807, 2.05) is 9.80 Å². The highest BCUT2D eigenvalue weighted by Gasteiger charge is 2.29. The second-order valence-corrected chi connectivity index (χ2v) is 8.17. The number of ether oxygens (including phenoxy) is 1. The van der Waals surface area contributed by atoms with Crippen molar-refractivity contribution in [3.63, 3.8) is 0 Å². The van der Waals surface area contributed by atoms with Crippen molar-refractivity contribution < 1.29 is 13.9 Å². The van der Waals surface area contributed by atoms with Crippen LogP contribution in [0.4, 0.5) is 10.3 Å². The smallest absolute Gasteiger partial charge is 0.257 e. The van der Waals surface area contributed by atoms with E-state index in [0.29, 0.717) is 74.0 Å².